The monoisotopic (exact) mass is 345 g/mol. The van der Waals surface area contributed by atoms with Crippen LogP contribution in [-0.2, 0) is 0 Å². The predicted octanol–water partition coefficient (Wildman–Crippen LogP) is 3.19. The van der Waals surface area contributed by atoms with E-state index in [4.69, 9.17) is 10.2 Å². The number of anilines is 2. The normalized spacial score (nSPS) is 10.0. The molecule has 0 radical (unpaired) electrons. The van der Waals surface area contributed by atoms with Crippen molar-refractivity contribution in [2.24, 2.45) is 0 Å². The summed E-state index contributed by atoms with van der Waals surface area (Å²) in [6.07, 6.45) is 1.34. The Hall–Kier alpha value is -3.19. The van der Waals surface area contributed by atoms with Gasteiger partial charge in [0.15, 0.2) is 0 Å². The van der Waals surface area contributed by atoms with Crippen molar-refractivity contribution in [1.29, 1.82) is 0 Å². The van der Waals surface area contributed by atoms with Gasteiger partial charge in [-0.2, -0.15) is 0 Å². The molecule has 3 rings (SSSR count). The number of fused-ring (bicyclic) bond motifs is 1. The summed E-state index contributed by atoms with van der Waals surface area (Å²) >= 11 is 0. The second-order valence-corrected chi connectivity index (χ2v) is 4.77. The number of carboxylic acid groups (broad SMARTS) is 2. The van der Waals surface area contributed by atoms with E-state index in [-0.39, 0.29) is 23.5 Å². The molecule has 0 aliphatic carbocycles. The number of benzene rings is 2. The third kappa shape index (κ3) is 3.41. The fourth-order valence-electron chi connectivity index (χ4n) is 2.12. The van der Waals surface area contributed by atoms with Crippen LogP contribution in [0.1, 0.15) is 20.7 Å². The number of carboxylic acids is 2. The zero-order valence-electron chi connectivity index (χ0n) is 12.1. The van der Waals surface area contributed by atoms with Gasteiger partial charge in [0.1, 0.15) is 12.1 Å². The van der Waals surface area contributed by atoms with Crippen LogP contribution in [0.25, 0.3) is 10.9 Å². The minimum absolute atomic E-state index is 0. The molecule has 2 aromatic carbocycles. The molecule has 0 unspecified atom stereocenters. The molecule has 24 heavy (non-hydrogen) atoms. The fourth-order valence-corrected chi connectivity index (χ4v) is 2.12. The van der Waals surface area contributed by atoms with Crippen LogP contribution < -0.4 is 5.32 Å². The van der Waals surface area contributed by atoms with Crippen molar-refractivity contribution < 1.29 is 19.8 Å². The number of rotatable bonds is 4. The van der Waals surface area contributed by atoms with Crippen LogP contribution in [0.4, 0.5) is 11.5 Å². The number of aromatic carboxylic acids is 2. The van der Waals surface area contributed by atoms with Crippen molar-refractivity contribution in [1.82, 2.24) is 9.97 Å². The molecule has 0 bridgehead atoms. The minimum Gasteiger partial charge on any atom is -0.478 e. The highest BCUT2D eigenvalue weighted by molar-refractivity contribution is 5.97. The average Bonchev–Trinajstić information content (AvgIpc) is 2.55. The minimum atomic E-state index is -1.02. The Morgan fingerprint density at radius 1 is 0.875 bits per heavy atom. The van der Waals surface area contributed by atoms with Crippen molar-refractivity contribution in [3.63, 3.8) is 0 Å². The molecule has 3 N–H and O–H groups in total. The van der Waals surface area contributed by atoms with E-state index in [1.54, 1.807) is 18.2 Å². The van der Waals surface area contributed by atoms with Gasteiger partial charge in [-0.3, -0.25) is 0 Å². The highest BCUT2D eigenvalue weighted by Gasteiger charge is 2.09. The first-order valence-electron chi connectivity index (χ1n) is 6.63. The summed E-state index contributed by atoms with van der Waals surface area (Å²) in [6.45, 7) is 0. The molecular weight excluding hydrogens is 334 g/mol. The van der Waals surface area contributed by atoms with E-state index < -0.39 is 11.9 Å². The molecule has 0 aliphatic rings. The number of nitrogens with one attached hydrogen (secondary N) is 1. The van der Waals surface area contributed by atoms with Crippen molar-refractivity contribution in [2.75, 3.05) is 5.32 Å². The van der Waals surface area contributed by atoms with Gasteiger partial charge in [0, 0.05) is 11.1 Å². The van der Waals surface area contributed by atoms with Gasteiger partial charge < -0.3 is 15.5 Å². The van der Waals surface area contributed by atoms with Gasteiger partial charge in [0.05, 0.1) is 16.6 Å². The first kappa shape index (κ1) is 17.2. The number of hydrogen-bond acceptors (Lipinski definition) is 5. The second kappa shape index (κ2) is 6.93. The number of nitrogens with zero attached hydrogens (tertiary/aromatic N) is 2. The molecule has 8 heteroatoms. The predicted molar refractivity (Wildman–Crippen MR) is 90.4 cm³/mol. The molecule has 0 saturated heterocycles. The second-order valence-electron chi connectivity index (χ2n) is 4.77. The Labute approximate surface area is 142 Å². The van der Waals surface area contributed by atoms with Crippen LogP contribution in [0.5, 0.6) is 0 Å². The molecule has 0 saturated carbocycles. The van der Waals surface area contributed by atoms with Gasteiger partial charge >= 0.3 is 11.9 Å². The third-order valence-corrected chi connectivity index (χ3v) is 3.28. The van der Waals surface area contributed by atoms with Gasteiger partial charge in [-0.1, -0.05) is 0 Å². The number of carbonyl (C=O) groups is 2. The highest BCUT2D eigenvalue weighted by Crippen LogP contribution is 2.24. The van der Waals surface area contributed by atoms with Gasteiger partial charge in [-0.25, -0.2) is 19.6 Å². The summed E-state index contributed by atoms with van der Waals surface area (Å²) < 4.78 is 0. The quantitative estimate of drug-likeness (QED) is 0.665. The molecule has 122 valence electrons. The summed E-state index contributed by atoms with van der Waals surface area (Å²) in [5, 5.41) is 21.6. The standard InChI is InChI=1S/C16H11N3O4.ClH/c20-15(21)9-1-4-11(5-2-9)19-14-12-6-3-10(16(22)23)7-13(12)17-8-18-14;/h1-8H,(H,20,21)(H,22,23)(H,17,18,19);1H. The van der Waals surface area contributed by atoms with Gasteiger partial charge in [0.25, 0.3) is 0 Å². The Kier molecular flexibility index (Phi) is 4.96. The zero-order valence-corrected chi connectivity index (χ0v) is 12.9. The maximum Gasteiger partial charge on any atom is 0.335 e. The Balaban J connectivity index is 0.00000208. The molecule has 0 aliphatic heterocycles. The summed E-state index contributed by atoms with van der Waals surface area (Å²) in [7, 11) is 0. The molecule has 7 nitrogen and oxygen atoms in total. The number of hydrogen-bond donors (Lipinski definition) is 3. The maximum atomic E-state index is 11.0. The molecule has 3 aromatic rings. The fraction of sp³-hybridized carbons (Fsp3) is 0. The molecule has 0 spiro atoms. The van der Waals surface area contributed by atoms with E-state index in [0.717, 1.165) is 0 Å². The molecule has 0 fully saturated rings. The highest BCUT2D eigenvalue weighted by atomic mass is 35.5. The van der Waals surface area contributed by atoms with Crippen LogP contribution in [-0.4, -0.2) is 32.1 Å². The number of aromatic nitrogens is 2. The SMILES string of the molecule is Cl.O=C(O)c1ccc(Nc2ncnc3cc(C(=O)O)ccc23)cc1. The average molecular weight is 346 g/mol. The van der Waals surface area contributed by atoms with E-state index in [9.17, 15) is 9.59 Å². The molecule has 1 aromatic heterocycles. The Morgan fingerprint density at radius 2 is 1.50 bits per heavy atom. The van der Waals surface area contributed by atoms with Crippen LogP contribution in [0.3, 0.4) is 0 Å². The Morgan fingerprint density at radius 3 is 2.12 bits per heavy atom. The van der Waals surface area contributed by atoms with Crippen molar-refractivity contribution in [3.05, 3.63) is 59.9 Å². The first-order chi connectivity index (χ1) is 11.0. The van der Waals surface area contributed by atoms with Crippen molar-refractivity contribution in [3.8, 4) is 0 Å². The Bertz CT molecular complexity index is 913. The lowest BCUT2D eigenvalue weighted by molar-refractivity contribution is 0.0686. The van der Waals surface area contributed by atoms with Crippen molar-refractivity contribution >= 4 is 46.8 Å². The zero-order chi connectivity index (χ0) is 16.4. The smallest absolute Gasteiger partial charge is 0.335 e. The topological polar surface area (TPSA) is 112 Å². The van der Waals surface area contributed by atoms with E-state index in [1.807, 2.05) is 0 Å². The van der Waals surface area contributed by atoms with Crippen molar-refractivity contribution in [2.45, 2.75) is 0 Å². The van der Waals surface area contributed by atoms with E-state index in [2.05, 4.69) is 15.3 Å². The maximum absolute atomic E-state index is 11.0. The first-order valence-corrected chi connectivity index (χ1v) is 6.63. The molecule has 1 heterocycles. The summed E-state index contributed by atoms with van der Waals surface area (Å²) in [6, 6.07) is 10.8. The summed E-state index contributed by atoms with van der Waals surface area (Å²) in [4.78, 5) is 30.1. The lowest BCUT2D eigenvalue weighted by Gasteiger charge is -2.09. The van der Waals surface area contributed by atoms with E-state index in [0.29, 0.717) is 22.4 Å². The van der Waals surface area contributed by atoms with Crippen LogP contribution in [0, 0.1) is 0 Å². The largest absolute Gasteiger partial charge is 0.478 e. The molecule has 0 atom stereocenters. The van der Waals surface area contributed by atoms with Crippen LogP contribution in [0.15, 0.2) is 48.8 Å². The summed E-state index contributed by atoms with van der Waals surface area (Å²) in [5.41, 5.74) is 1.50. The molecule has 0 amide bonds. The van der Waals surface area contributed by atoms with E-state index >= 15 is 0 Å². The van der Waals surface area contributed by atoms with E-state index in [1.165, 1.54) is 30.6 Å². The van der Waals surface area contributed by atoms with Crippen LogP contribution in [0.2, 0.25) is 0 Å². The number of halogens is 1. The van der Waals surface area contributed by atoms with Crippen LogP contribution >= 0.6 is 12.4 Å². The van der Waals surface area contributed by atoms with Gasteiger partial charge in [-0.15, -0.1) is 12.4 Å². The lowest BCUT2D eigenvalue weighted by atomic mass is 10.1. The summed E-state index contributed by atoms with van der Waals surface area (Å²) in [5.74, 6) is -1.51. The third-order valence-electron chi connectivity index (χ3n) is 3.28. The lowest BCUT2D eigenvalue weighted by Crippen LogP contribution is -2.00. The molecular formula is C16H12ClN3O4. The van der Waals surface area contributed by atoms with Gasteiger partial charge in [0.2, 0.25) is 0 Å². The van der Waals surface area contributed by atoms with Gasteiger partial charge in [-0.05, 0) is 42.5 Å².